The van der Waals surface area contributed by atoms with Crippen LogP contribution in [0.1, 0.15) is 5.56 Å². The summed E-state index contributed by atoms with van der Waals surface area (Å²) in [5.74, 6) is -2.67. The Labute approximate surface area is 160 Å². The van der Waals surface area contributed by atoms with E-state index >= 15 is 0 Å². The highest BCUT2D eigenvalue weighted by molar-refractivity contribution is 6.37. The van der Waals surface area contributed by atoms with Crippen molar-refractivity contribution >= 4 is 39.9 Å². The molecular weight excluding hydrogens is 360 g/mol. The maximum absolute atomic E-state index is 12.6. The number of carboxylic acids is 1. The minimum absolute atomic E-state index is 0.128. The number of nitrogens with zero attached hydrogens (tertiary/aromatic N) is 1. The second-order valence-corrected chi connectivity index (χ2v) is 6.36. The zero-order valence-electron chi connectivity index (χ0n) is 14.7. The number of ether oxygens (including phenoxy) is 1. The summed E-state index contributed by atoms with van der Waals surface area (Å²) in [5, 5.41) is 13.3. The molecule has 0 bridgehead atoms. The second-order valence-electron chi connectivity index (χ2n) is 6.36. The van der Waals surface area contributed by atoms with Gasteiger partial charge in [-0.15, -0.1) is 0 Å². The van der Waals surface area contributed by atoms with Crippen LogP contribution < -0.4 is 15.0 Å². The van der Waals surface area contributed by atoms with E-state index in [1.807, 2.05) is 42.5 Å². The van der Waals surface area contributed by atoms with Crippen molar-refractivity contribution < 1.29 is 24.2 Å². The van der Waals surface area contributed by atoms with Gasteiger partial charge in [-0.3, -0.25) is 14.5 Å². The van der Waals surface area contributed by atoms with E-state index in [9.17, 15) is 14.4 Å². The zero-order valence-corrected chi connectivity index (χ0v) is 14.7. The van der Waals surface area contributed by atoms with Gasteiger partial charge in [-0.05, 0) is 34.5 Å². The first-order valence-corrected chi connectivity index (χ1v) is 8.61. The SMILES string of the molecule is O=C(O)C(=O)Nc1cccc2c1N(Cc1ccc3ccccc3c1)C(=O)CO2. The maximum Gasteiger partial charge on any atom is 0.394 e. The molecule has 0 atom stereocenters. The fourth-order valence-corrected chi connectivity index (χ4v) is 3.22. The number of benzene rings is 3. The molecule has 3 aromatic rings. The molecule has 0 unspecified atom stereocenters. The molecule has 4 rings (SSSR count). The van der Waals surface area contributed by atoms with Gasteiger partial charge < -0.3 is 15.2 Å². The van der Waals surface area contributed by atoms with Crippen molar-refractivity contribution in [2.45, 2.75) is 6.54 Å². The van der Waals surface area contributed by atoms with Crippen LogP contribution in [0.15, 0.2) is 60.7 Å². The Bertz CT molecular complexity index is 1110. The average Bonchev–Trinajstić information content (AvgIpc) is 2.70. The number of carbonyl (C=O) groups is 3. The molecule has 0 aliphatic carbocycles. The van der Waals surface area contributed by atoms with Gasteiger partial charge in [0.05, 0.1) is 12.2 Å². The first-order chi connectivity index (χ1) is 13.5. The van der Waals surface area contributed by atoms with Gasteiger partial charge in [-0.1, -0.05) is 42.5 Å². The molecule has 0 fully saturated rings. The Morgan fingerprint density at radius 2 is 1.82 bits per heavy atom. The molecule has 2 amide bonds. The molecule has 0 saturated carbocycles. The van der Waals surface area contributed by atoms with Crippen LogP contribution in [-0.4, -0.2) is 29.5 Å². The minimum atomic E-state index is -1.61. The van der Waals surface area contributed by atoms with E-state index in [0.717, 1.165) is 16.3 Å². The predicted molar refractivity (Wildman–Crippen MR) is 103 cm³/mol. The van der Waals surface area contributed by atoms with Crippen molar-refractivity contribution in [1.82, 2.24) is 0 Å². The molecule has 140 valence electrons. The summed E-state index contributed by atoms with van der Waals surface area (Å²) in [6.07, 6.45) is 0. The average molecular weight is 376 g/mol. The number of fused-ring (bicyclic) bond motifs is 2. The van der Waals surface area contributed by atoms with Gasteiger partial charge >= 0.3 is 11.9 Å². The van der Waals surface area contributed by atoms with Gasteiger partial charge in [-0.2, -0.15) is 0 Å². The Morgan fingerprint density at radius 1 is 1.04 bits per heavy atom. The van der Waals surface area contributed by atoms with Crippen LogP contribution in [0.3, 0.4) is 0 Å². The maximum atomic E-state index is 12.6. The van der Waals surface area contributed by atoms with E-state index in [2.05, 4.69) is 5.32 Å². The van der Waals surface area contributed by atoms with Crippen LogP contribution in [0.2, 0.25) is 0 Å². The first-order valence-electron chi connectivity index (χ1n) is 8.61. The molecule has 0 saturated heterocycles. The summed E-state index contributed by atoms with van der Waals surface area (Å²) in [5.41, 5.74) is 1.46. The Morgan fingerprint density at radius 3 is 2.61 bits per heavy atom. The van der Waals surface area contributed by atoms with E-state index in [-0.39, 0.29) is 24.7 Å². The normalized spacial score (nSPS) is 13.0. The van der Waals surface area contributed by atoms with Crippen molar-refractivity contribution in [2.24, 2.45) is 0 Å². The summed E-state index contributed by atoms with van der Waals surface area (Å²) < 4.78 is 5.47. The van der Waals surface area contributed by atoms with Crippen LogP contribution >= 0.6 is 0 Å². The number of carboxylic acid groups (broad SMARTS) is 1. The lowest BCUT2D eigenvalue weighted by atomic mass is 10.1. The molecule has 1 aliphatic heterocycles. The van der Waals surface area contributed by atoms with Gasteiger partial charge in [0.15, 0.2) is 6.61 Å². The zero-order chi connectivity index (χ0) is 19.7. The number of para-hydroxylation sites is 1. The molecule has 0 radical (unpaired) electrons. The van der Waals surface area contributed by atoms with Crippen molar-refractivity contribution in [3.63, 3.8) is 0 Å². The van der Waals surface area contributed by atoms with Gasteiger partial charge in [-0.25, -0.2) is 4.79 Å². The summed E-state index contributed by atoms with van der Waals surface area (Å²) in [6.45, 7) is 0.136. The number of aliphatic carboxylic acids is 1. The highest BCUT2D eigenvalue weighted by Crippen LogP contribution is 2.39. The van der Waals surface area contributed by atoms with Gasteiger partial charge in [0.25, 0.3) is 5.91 Å². The lowest BCUT2D eigenvalue weighted by Gasteiger charge is -2.31. The fraction of sp³-hybridized carbons (Fsp3) is 0.0952. The molecule has 3 aromatic carbocycles. The fourth-order valence-electron chi connectivity index (χ4n) is 3.22. The minimum Gasteiger partial charge on any atom is -0.481 e. The second kappa shape index (κ2) is 7.03. The summed E-state index contributed by atoms with van der Waals surface area (Å²) in [4.78, 5) is 36.6. The first kappa shape index (κ1) is 17.5. The third-order valence-electron chi connectivity index (χ3n) is 4.52. The molecule has 2 N–H and O–H groups in total. The highest BCUT2D eigenvalue weighted by atomic mass is 16.5. The molecular formula is C21H16N2O5. The van der Waals surface area contributed by atoms with Crippen molar-refractivity contribution in [3.05, 3.63) is 66.2 Å². The molecule has 28 heavy (non-hydrogen) atoms. The largest absolute Gasteiger partial charge is 0.481 e. The van der Waals surface area contributed by atoms with Crippen molar-refractivity contribution in [1.29, 1.82) is 0 Å². The topological polar surface area (TPSA) is 95.9 Å². The van der Waals surface area contributed by atoms with Crippen LogP contribution in [-0.2, 0) is 20.9 Å². The number of rotatable bonds is 3. The van der Waals surface area contributed by atoms with E-state index < -0.39 is 11.9 Å². The van der Waals surface area contributed by atoms with E-state index in [1.165, 1.54) is 11.0 Å². The smallest absolute Gasteiger partial charge is 0.394 e. The summed E-state index contributed by atoms with van der Waals surface area (Å²) >= 11 is 0. The van der Waals surface area contributed by atoms with Gasteiger partial charge in [0.1, 0.15) is 11.4 Å². The number of anilines is 2. The number of nitrogens with one attached hydrogen (secondary N) is 1. The number of hydrogen-bond acceptors (Lipinski definition) is 4. The van der Waals surface area contributed by atoms with Crippen LogP contribution in [0.25, 0.3) is 10.8 Å². The van der Waals surface area contributed by atoms with Crippen LogP contribution in [0.4, 0.5) is 11.4 Å². The van der Waals surface area contributed by atoms with Crippen LogP contribution in [0.5, 0.6) is 5.75 Å². The third-order valence-corrected chi connectivity index (χ3v) is 4.52. The van der Waals surface area contributed by atoms with E-state index in [0.29, 0.717) is 11.4 Å². The molecule has 0 aromatic heterocycles. The Balaban J connectivity index is 1.72. The Kier molecular flexibility index (Phi) is 4.41. The van der Waals surface area contributed by atoms with Gasteiger partial charge in [0.2, 0.25) is 0 Å². The van der Waals surface area contributed by atoms with Crippen LogP contribution in [0, 0.1) is 0 Å². The molecule has 1 heterocycles. The monoisotopic (exact) mass is 376 g/mol. The predicted octanol–water partition coefficient (Wildman–Crippen LogP) is 2.79. The summed E-state index contributed by atoms with van der Waals surface area (Å²) in [7, 11) is 0. The van der Waals surface area contributed by atoms with Crippen molar-refractivity contribution in [3.8, 4) is 5.75 Å². The molecule has 7 nitrogen and oxygen atoms in total. The standard InChI is InChI=1S/C21H16N2O5/c24-18-12-28-17-7-3-6-16(22-20(25)21(26)27)19(17)23(18)11-13-8-9-14-4-1-2-5-15(14)10-13/h1-10H,11-12H2,(H,22,25)(H,26,27). The third kappa shape index (κ3) is 3.25. The number of amides is 2. The number of hydrogen-bond donors (Lipinski definition) is 2. The van der Waals surface area contributed by atoms with Crippen molar-refractivity contribution in [2.75, 3.05) is 16.8 Å². The van der Waals surface area contributed by atoms with E-state index in [1.54, 1.807) is 12.1 Å². The van der Waals surface area contributed by atoms with E-state index in [4.69, 9.17) is 9.84 Å². The lowest BCUT2D eigenvalue weighted by Crippen LogP contribution is -2.39. The molecule has 1 aliphatic rings. The highest BCUT2D eigenvalue weighted by Gasteiger charge is 2.29. The number of carbonyl (C=O) groups excluding carboxylic acids is 2. The quantitative estimate of drug-likeness (QED) is 0.686. The Hall–Kier alpha value is -3.87. The molecule has 0 spiro atoms. The lowest BCUT2D eigenvalue weighted by molar-refractivity contribution is -0.147. The van der Waals surface area contributed by atoms with Gasteiger partial charge in [0, 0.05) is 0 Å². The molecule has 7 heteroatoms. The summed E-state index contributed by atoms with van der Waals surface area (Å²) in [6, 6.07) is 18.6.